The van der Waals surface area contributed by atoms with Gasteiger partial charge in [0.1, 0.15) is 13.2 Å². The minimum Gasteiger partial charge on any atom is -0.462 e. The molecule has 0 amide bonds. The van der Waals surface area contributed by atoms with Crippen molar-refractivity contribution in [1.29, 1.82) is 0 Å². The SMILES string of the molecule is CC\C=C/C=C\C=C/C=C\C=C\C=C/C=C\CCCCCC(=O)OCC(COC(=O)CCC/C=C\CCCCCC)OC(=O)CCCCC/C=C\C=C/CCCCCCCCC. The molecule has 0 aliphatic heterocycles. The van der Waals surface area contributed by atoms with E-state index in [4.69, 9.17) is 14.2 Å². The predicted molar refractivity (Wildman–Crippen MR) is 265 cm³/mol. The lowest BCUT2D eigenvalue weighted by Gasteiger charge is -2.18. The first-order valence-corrected chi connectivity index (χ1v) is 24.7. The topological polar surface area (TPSA) is 78.9 Å². The highest BCUT2D eigenvalue weighted by Gasteiger charge is 2.19. The fourth-order valence-electron chi connectivity index (χ4n) is 6.18. The lowest BCUT2D eigenvalue weighted by molar-refractivity contribution is -0.167. The standard InChI is InChI=1S/C56H88O6/c1-4-7-10-13-16-19-21-23-25-27-28-29-31-32-34-37-40-43-46-49-55(58)61-52-53(51-60-54(57)48-45-42-39-36-18-15-12-9-6-3)62-56(59)50-47-44-41-38-35-33-30-26-24-22-20-17-14-11-8-5-2/h7,10,13,16,19,21,23,25-36,39,53H,4-6,8-9,11-12,14-15,17-18,20,22,24,37-38,40-52H2,1-3H3/b10-7-,16-13-,21-19-,25-23-,28-27+,30-26-,31-29-,34-32-,35-33-,39-36-. The molecule has 0 aromatic carbocycles. The Balaban J connectivity index is 4.54. The van der Waals surface area contributed by atoms with Crippen LogP contribution in [-0.4, -0.2) is 37.2 Å². The number of hydrogen-bond donors (Lipinski definition) is 0. The molecule has 0 N–H and O–H groups in total. The third kappa shape index (κ3) is 46.9. The average Bonchev–Trinajstić information content (AvgIpc) is 3.27. The number of esters is 3. The van der Waals surface area contributed by atoms with Crippen LogP contribution in [0, 0.1) is 0 Å². The molecule has 1 atom stereocenters. The molecule has 0 saturated heterocycles. The maximum Gasteiger partial charge on any atom is 0.306 e. The second kappa shape index (κ2) is 49.5. The smallest absolute Gasteiger partial charge is 0.306 e. The summed E-state index contributed by atoms with van der Waals surface area (Å²) in [5.74, 6) is -1.04. The lowest BCUT2D eigenvalue weighted by atomic mass is 10.1. The summed E-state index contributed by atoms with van der Waals surface area (Å²) in [6.07, 6.45) is 67.6. The maximum atomic E-state index is 12.8. The van der Waals surface area contributed by atoms with E-state index in [1.807, 2.05) is 72.9 Å². The van der Waals surface area contributed by atoms with Crippen molar-refractivity contribution in [3.8, 4) is 0 Å². The minimum absolute atomic E-state index is 0.123. The van der Waals surface area contributed by atoms with Crippen LogP contribution >= 0.6 is 0 Å². The fourth-order valence-corrected chi connectivity index (χ4v) is 6.18. The summed E-state index contributed by atoms with van der Waals surface area (Å²) in [4.78, 5) is 37.8. The summed E-state index contributed by atoms with van der Waals surface area (Å²) in [6.45, 7) is 6.34. The van der Waals surface area contributed by atoms with Crippen LogP contribution in [-0.2, 0) is 28.6 Å². The molecule has 6 nitrogen and oxygen atoms in total. The van der Waals surface area contributed by atoms with Gasteiger partial charge in [0, 0.05) is 19.3 Å². The van der Waals surface area contributed by atoms with Gasteiger partial charge >= 0.3 is 17.9 Å². The van der Waals surface area contributed by atoms with E-state index in [2.05, 4.69) is 69.4 Å². The largest absolute Gasteiger partial charge is 0.462 e. The highest BCUT2D eigenvalue weighted by atomic mass is 16.6. The Bertz CT molecular complexity index is 1350. The summed E-state index contributed by atoms with van der Waals surface area (Å²) < 4.78 is 16.6. The second-order valence-corrected chi connectivity index (χ2v) is 15.8. The molecular weight excluding hydrogens is 769 g/mol. The molecule has 0 aliphatic carbocycles. The molecule has 0 rings (SSSR count). The summed E-state index contributed by atoms with van der Waals surface area (Å²) in [7, 11) is 0. The molecule has 348 valence electrons. The first-order chi connectivity index (χ1) is 30.5. The quantitative estimate of drug-likeness (QED) is 0.0200. The molecule has 0 spiro atoms. The number of hydrogen-bond acceptors (Lipinski definition) is 6. The van der Waals surface area contributed by atoms with Crippen molar-refractivity contribution >= 4 is 17.9 Å². The highest BCUT2D eigenvalue weighted by molar-refractivity contribution is 5.71. The molecule has 6 heteroatoms. The highest BCUT2D eigenvalue weighted by Crippen LogP contribution is 2.11. The number of rotatable bonds is 42. The molecule has 0 fully saturated rings. The van der Waals surface area contributed by atoms with E-state index in [1.54, 1.807) is 0 Å². The molecule has 0 aromatic heterocycles. The van der Waals surface area contributed by atoms with E-state index >= 15 is 0 Å². The normalized spacial score (nSPS) is 13.1. The van der Waals surface area contributed by atoms with E-state index in [9.17, 15) is 14.4 Å². The van der Waals surface area contributed by atoms with Gasteiger partial charge in [-0.25, -0.2) is 0 Å². The predicted octanol–water partition coefficient (Wildman–Crippen LogP) is 16.1. The number of carbonyl (C=O) groups excluding carboxylic acids is 3. The summed E-state index contributed by atoms with van der Waals surface area (Å²) in [5, 5.41) is 0. The van der Waals surface area contributed by atoms with Crippen LogP contribution in [0.25, 0.3) is 0 Å². The van der Waals surface area contributed by atoms with Gasteiger partial charge in [0.15, 0.2) is 6.10 Å². The molecule has 0 radical (unpaired) electrons. The van der Waals surface area contributed by atoms with Gasteiger partial charge in [-0.15, -0.1) is 0 Å². The van der Waals surface area contributed by atoms with Crippen molar-refractivity contribution in [3.05, 3.63) is 122 Å². The molecule has 0 heterocycles. The third-order valence-electron chi connectivity index (χ3n) is 9.89. The number of allylic oxidation sites excluding steroid dienone is 20. The zero-order chi connectivity index (χ0) is 45.1. The van der Waals surface area contributed by atoms with Crippen LogP contribution in [0.4, 0.5) is 0 Å². The van der Waals surface area contributed by atoms with Gasteiger partial charge in [-0.1, -0.05) is 213 Å². The Hall–Kier alpha value is -4.19. The fraction of sp³-hybridized carbons (Fsp3) is 0.589. The van der Waals surface area contributed by atoms with Gasteiger partial charge in [0.05, 0.1) is 0 Å². The Labute approximate surface area is 380 Å². The van der Waals surface area contributed by atoms with Crippen LogP contribution in [0.2, 0.25) is 0 Å². The van der Waals surface area contributed by atoms with Crippen molar-refractivity contribution in [1.82, 2.24) is 0 Å². The van der Waals surface area contributed by atoms with Crippen LogP contribution in [0.1, 0.15) is 194 Å². The van der Waals surface area contributed by atoms with E-state index in [0.29, 0.717) is 32.1 Å². The Morgan fingerprint density at radius 2 is 0.661 bits per heavy atom. The first kappa shape index (κ1) is 57.8. The Kier molecular flexibility index (Phi) is 46.1. The summed E-state index contributed by atoms with van der Waals surface area (Å²) in [5.41, 5.74) is 0. The van der Waals surface area contributed by atoms with Gasteiger partial charge in [-0.2, -0.15) is 0 Å². The average molecular weight is 857 g/mol. The van der Waals surface area contributed by atoms with E-state index in [0.717, 1.165) is 64.2 Å². The van der Waals surface area contributed by atoms with Crippen LogP contribution in [0.15, 0.2) is 122 Å². The summed E-state index contributed by atoms with van der Waals surface area (Å²) >= 11 is 0. The maximum absolute atomic E-state index is 12.8. The summed E-state index contributed by atoms with van der Waals surface area (Å²) in [6, 6.07) is 0. The van der Waals surface area contributed by atoms with Gasteiger partial charge in [0.25, 0.3) is 0 Å². The van der Waals surface area contributed by atoms with Gasteiger partial charge < -0.3 is 14.2 Å². The van der Waals surface area contributed by atoms with Crippen LogP contribution < -0.4 is 0 Å². The number of ether oxygens (including phenoxy) is 3. The van der Waals surface area contributed by atoms with E-state index in [-0.39, 0.29) is 37.5 Å². The van der Waals surface area contributed by atoms with Crippen LogP contribution in [0.3, 0.4) is 0 Å². The van der Waals surface area contributed by atoms with E-state index < -0.39 is 6.10 Å². The molecule has 0 bridgehead atoms. The van der Waals surface area contributed by atoms with E-state index in [1.165, 1.54) is 70.6 Å². The van der Waals surface area contributed by atoms with Crippen molar-refractivity contribution < 1.29 is 28.6 Å². The first-order valence-electron chi connectivity index (χ1n) is 24.7. The van der Waals surface area contributed by atoms with Crippen molar-refractivity contribution in [2.45, 2.75) is 200 Å². The third-order valence-corrected chi connectivity index (χ3v) is 9.89. The monoisotopic (exact) mass is 857 g/mol. The van der Waals surface area contributed by atoms with Crippen LogP contribution in [0.5, 0.6) is 0 Å². The Morgan fingerprint density at radius 3 is 1.13 bits per heavy atom. The molecule has 0 aliphatic rings. The molecule has 1 unspecified atom stereocenters. The molecule has 62 heavy (non-hydrogen) atoms. The molecular formula is C56H88O6. The zero-order valence-corrected chi connectivity index (χ0v) is 39.6. The Morgan fingerprint density at radius 1 is 0.339 bits per heavy atom. The second-order valence-electron chi connectivity index (χ2n) is 15.8. The van der Waals surface area contributed by atoms with Crippen molar-refractivity contribution in [2.24, 2.45) is 0 Å². The molecule has 0 saturated carbocycles. The zero-order valence-electron chi connectivity index (χ0n) is 39.6. The van der Waals surface area contributed by atoms with Gasteiger partial charge in [-0.05, 0) is 83.5 Å². The lowest BCUT2D eigenvalue weighted by Crippen LogP contribution is -2.30. The number of carbonyl (C=O) groups is 3. The van der Waals surface area contributed by atoms with Gasteiger partial charge in [-0.3, -0.25) is 14.4 Å². The van der Waals surface area contributed by atoms with Crippen molar-refractivity contribution in [2.75, 3.05) is 13.2 Å². The minimum atomic E-state index is -0.824. The number of unbranched alkanes of at least 4 members (excludes halogenated alkanes) is 18. The molecule has 0 aromatic rings. The van der Waals surface area contributed by atoms with Crippen molar-refractivity contribution in [3.63, 3.8) is 0 Å². The van der Waals surface area contributed by atoms with Gasteiger partial charge in [0.2, 0.25) is 0 Å².